The Morgan fingerprint density at radius 3 is 1.78 bits per heavy atom. The number of hydrogen-bond donors (Lipinski definition) is 0. The van der Waals surface area contributed by atoms with Crippen LogP contribution in [-0.2, 0) is 0 Å². The molecule has 0 aromatic rings. The van der Waals surface area contributed by atoms with E-state index in [4.69, 9.17) is 0 Å². The van der Waals surface area contributed by atoms with Gasteiger partial charge in [-0.15, -0.1) is 0 Å². The third kappa shape index (κ3) is 7.95. The SMILES string of the molecule is CC.CC1CCC(C(CCCN2CCC(N3CC[C@H]4CCCC[C@H]43)CC2)C2CCC(C)CC2)CC1.O. The summed E-state index contributed by atoms with van der Waals surface area (Å²) in [4.78, 5) is 5.85. The average Bonchev–Trinajstić information content (AvgIpc) is 3.34. The van der Waals surface area contributed by atoms with E-state index in [1.54, 1.807) is 25.7 Å². The molecule has 3 nitrogen and oxygen atoms in total. The fourth-order valence-electron chi connectivity index (χ4n) is 9.21. The molecule has 3 aliphatic carbocycles. The highest BCUT2D eigenvalue weighted by molar-refractivity contribution is 4.94. The molecule has 212 valence electrons. The van der Waals surface area contributed by atoms with Crippen LogP contribution in [0.5, 0.6) is 0 Å². The van der Waals surface area contributed by atoms with Gasteiger partial charge in [0.2, 0.25) is 0 Å². The van der Waals surface area contributed by atoms with Crippen molar-refractivity contribution < 1.29 is 5.48 Å². The van der Waals surface area contributed by atoms with Gasteiger partial charge in [-0.25, -0.2) is 0 Å². The Bertz CT molecular complexity index is 550. The molecule has 3 saturated carbocycles. The van der Waals surface area contributed by atoms with Crippen LogP contribution in [0.1, 0.15) is 137 Å². The Morgan fingerprint density at radius 1 is 0.639 bits per heavy atom. The Kier molecular flexibility index (Phi) is 13.1. The van der Waals surface area contributed by atoms with Crippen molar-refractivity contribution >= 4 is 0 Å². The van der Waals surface area contributed by atoms with Gasteiger partial charge in [0.15, 0.2) is 0 Å². The van der Waals surface area contributed by atoms with Crippen molar-refractivity contribution in [1.29, 1.82) is 0 Å². The molecule has 0 radical (unpaired) electrons. The summed E-state index contributed by atoms with van der Waals surface area (Å²) in [7, 11) is 0. The molecule has 2 aliphatic heterocycles. The fourth-order valence-corrected chi connectivity index (χ4v) is 9.21. The third-order valence-electron chi connectivity index (χ3n) is 11.4. The molecule has 2 atom stereocenters. The number of hydrogen-bond acceptors (Lipinski definition) is 2. The third-order valence-corrected chi connectivity index (χ3v) is 11.4. The monoisotopic (exact) mass is 505 g/mol. The smallest absolute Gasteiger partial charge is 0.0127 e. The van der Waals surface area contributed by atoms with Gasteiger partial charge in [0, 0.05) is 12.1 Å². The lowest BCUT2D eigenvalue weighted by atomic mass is 9.66. The summed E-state index contributed by atoms with van der Waals surface area (Å²) < 4.78 is 0. The van der Waals surface area contributed by atoms with E-state index in [9.17, 15) is 0 Å². The molecule has 5 fully saturated rings. The van der Waals surface area contributed by atoms with Crippen molar-refractivity contribution in [3.8, 4) is 0 Å². The van der Waals surface area contributed by atoms with Gasteiger partial charge in [-0.2, -0.15) is 0 Å². The van der Waals surface area contributed by atoms with Crippen molar-refractivity contribution in [3.63, 3.8) is 0 Å². The van der Waals surface area contributed by atoms with Gasteiger partial charge in [-0.05, 0) is 132 Å². The van der Waals surface area contributed by atoms with Crippen LogP contribution in [0.15, 0.2) is 0 Å². The van der Waals surface area contributed by atoms with Crippen molar-refractivity contribution in [2.45, 2.75) is 149 Å². The molecule has 0 bridgehead atoms. The van der Waals surface area contributed by atoms with Crippen LogP contribution in [0.3, 0.4) is 0 Å². The second-order valence-electron chi connectivity index (χ2n) is 13.6. The first-order chi connectivity index (χ1) is 17.2. The van der Waals surface area contributed by atoms with Crippen LogP contribution in [-0.4, -0.2) is 53.5 Å². The van der Waals surface area contributed by atoms with E-state index < -0.39 is 0 Å². The Hall–Kier alpha value is -0.120. The summed E-state index contributed by atoms with van der Waals surface area (Å²) in [5.74, 6) is 6.21. The Labute approximate surface area is 225 Å². The number of fused-ring (bicyclic) bond motifs is 1. The molecule has 2 heterocycles. The predicted molar refractivity (Wildman–Crippen MR) is 156 cm³/mol. The highest BCUT2D eigenvalue weighted by Gasteiger charge is 2.40. The zero-order valence-corrected chi connectivity index (χ0v) is 24.9. The highest BCUT2D eigenvalue weighted by atomic mass is 16.0. The molecule has 0 spiro atoms. The predicted octanol–water partition coefficient (Wildman–Crippen LogP) is 7.97. The highest BCUT2D eigenvalue weighted by Crippen LogP contribution is 2.44. The van der Waals surface area contributed by atoms with Crippen molar-refractivity contribution in [1.82, 2.24) is 9.80 Å². The molecule has 5 rings (SSSR count). The summed E-state index contributed by atoms with van der Waals surface area (Å²) in [5.41, 5.74) is 0. The Morgan fingerprint density at radius 2 is 1.19 bits per heavy atom. The molecular weight excluding hydrogens is 440 g/mol. The van der Waals surface area contributed by atoms with Crippen LogP contribution in [0, 0.1) is 35.5 Å². The first-order valence-corrected chi connectivity index (χ1v) is 16.7. The van der Waals surface area contributed by atoms with Gasteiger partial charge < -0.3 is 10.4 Å². The van der Waals surface area contributed by atoms with E-state index in [1.165, 1.54) is 110 Å². The standard InChI is InChI=1S/C31H56N2.C2H6.H2O/c1-24-9-13-26(14-10-24)30(27-15-11-25(2)12-16-27)7-5-20-32-21-18-29(19-22-32)33-23-17-28-6-3-4-8-31(28)33;1-2;/h24-31H,3-23H2,1-2H3;1-2H3;1H2/t24?,25?,26?,27?,28-,30?,31-;;/m1../s1. The molecule has 0 amide bonds. The van der Waals surface area contributed by atoms with E-state index in [-0.39, 0.29) is 5.48 Å². The van der Waals surface area contributed by atoms with Crippen molar-refractivity contribution in [2.24, 2.45) is 35.5 Å². The minimum atomic E-state index is 0. The number of piperidine rings is 1. The Balaban J connectivity index is 0.00000117. The van der Waals surface area contributed by atoms with E-state index in [1.807, 2.05) is 13.8 Å². The summed E-state index contributed by atoms with van der Waals surface area (Å²) in [5, 5.41) is 0. The van der Waals surface area contributed by atoms with Crippen molar-refractivity contribution in [3.05, 3.63) is 0 Å². The average molecular weight is 505 g/mol. The topological polar surface area (TPSA) is 38.0 Å². The van der Waals surface area contributed by atoms with Crippen LogP contribution in [0.4, 0.5) is 0 Å². The van der Waals surface area contributed by atoms with Gasteiger partial charge in [0.1, 0.15) is 0 Å². The van der Waals surface area contributed by atoms with Crippen LogP contribution in [0.25, 0.3) is 0 Å². The van der Waals surface area contributed by atoms with Gasteiger partial charge >= 0.3 is 0 Å². The fraction of sp³-hybridized carbons (Fsp3) is 1.00. The summed E-state index contributed by atoms with van der Waals surface area (Å²) in [6.07, 6.45) is 25.7. The van der Waals surface area contributed by atoms with Crippen LogP contribution in [0.2, 0.25) is 0 Å². The van der Waals surface area contributed by atoms with Gasteiger partial charge in [0.25, 0.3) is 0 Å². The molecule has 2 N–H and O–H groups in total. The maximum absolute atomic E-state index is 2.99. The lowest BCUT2D eigenvalue weighted by Gasteiger charge is -2.42. The van der Waals surface area contributed by atoms with E-state index >= 15 is 0 Å². The van der Waals surface area contributed by atoms with E-state index in [2.05, 4.69) is 23.6 Å². The minimum Gasteiger partial charge on any atom is -0.412 e. The quantitative estimate of drug-likeness (QED) is 0.352. The summed E-state index contributed by atoms with van der Waals surface area (Å²) in [6.45, 7) is 14.6. The summed E-state index contributed by atoms with van der Waals surface area (Å²) >= 11 is 0. The second kappa shape index (κ2) is 15.5. The largest absolute Gasteiger partial charge is 0.412 e. The van der Waals surface area contributed by atoms with Crippen LogP contribution < -0.4 is 0 Å². The lowest BCUT2D eigenvalue weighted by Crippen LogP contribution is -2.48. The molecule has 0 unspecified atom stereocenters. The molecular formula is C33H64N2O. The molecule has 3 heteroatoms. The normalized spacial score (nSPS) is 37.3. The zero-order valence-electron chi connectivity index (χ0n) is 24.9. The number of rotatable bonds is 7. The van der Waals surface area contributed by atoms with E-state index in [0.717, 1.165) is 47.6 Å². The maximum atomic E-state index is 2.99. The van der Waals surface area contributed by atoms with Crippen LogP contribution >= 0.6 is 0 Å². The molecule has 36 heavy (non-hydrogen) atoms. The second-order valence-corrected chi connectivity index (χ2v) is 13.6. The molecule has 0 aromatic carbocycles. The first-order valence-electron chi connectivity index (χ1n) is 16.7. The lowest BCUT2D eigenvalue weighted by molar-refractivity contribution is 0.0723. The van der Waals surface area contributed by atoms with Gasteiger partial charge in [0.05, 0.1) is 0 Å². The molecule has 0 aromatic heterocycles. The number of nitrogens with zero attached hydrogens (tertiary/aromatic N) is 2. The van der Waals surface area contributed by atoms with Gasteiger partial charge in [-0.3, -0.25) is 4.90 Å². The van der Waals surface area contributed by atoms with E-state index in [0.29, 0.717) is 0 Å². The van der Waals surface area contributed by atoms with Crippen molar-refractivity contribution in [2.75, 3.05) is 26.2 Å². The zero-order chi connectivity index (χ0) is 24.6. The first kappa shape index (κ1) is 30.4. The minimum absolute atomic E-state index is 0. The molecule has 2 saturated heterocycles. The molecule has 5 aliphatic rings. The van der Waals surface area contributed by atoms with Gasteiger partial charge in [-0.1, -0.05) is 66.2 Å². The maximum Gasteiger partial charge on any atom is 0.0127 e. The summed E-state index contributed by atoms with van der Waals surface area (Å²) in [6, 6.07) is 1.88. The number of likely N-dealkylation sites (tertiary alicyclic amines) is 2.